The van der Waals surface area contributed by atoms with E-state index in [1.54, 1.807) is 13.8 Å². The highest BCUT2D eigenvalue weighted by Crippen LogP contribution is 2.12. The molecule has 1 rings (SSSR count). The number of hydrogen-bond donors (Lipinski definition) is 0. The zero-order valence-corrected chi connectivity index (χ0v) is 6.24. The van der Waals surface area contributed by atoms with Crippen molar-refractivity contribution in [3.05, 3.63) is 27.8 Å². The van der Waals surface area contributed by atoms with Crippen LogP contribution in [-0.4, -0.2) is 14.9 Å². The molecule has 0 unspecified atom stereocenters. The third kappa shape index (κ3) is 1.98. The molecular formula is C7H11N3O2. The summed E-state index contributed by atoms with van der Waals surface area (Å²) in [5.74, 6) is 0.549. The summed E-state index contributed by atoms with van der Waals surface area (Å²) in [6, 6.07) is 0. The van der Waals surface area contributed by atoms with E-state index in [1.807, 2.05) is 0 Å². The summed E-state index contributed by atoms with van der Waals surface area (Å²) in [5.41, 5.74) is 0.373. The summed E-state index contributed by atoms with van der Waals surface area (Å²) in [4.78, 5) is 17.3. The summed E-state index contributed by atoms with van der Waals surface area (Å²) < 4.78 is 0. The van der Waals surface area contributed by atoms with Gasteiger partial charge in [-0.15, -0.1) is 0 Å². The Bertz CT molecular complexity index is 299. The van der Waals surface area contributed by atoms with E-state index in [2.05, 4.69) is 9.97 Å². The average molecular weight is 169 g/mol. The maximum absolute atomic E-state index is 10.3. The summed E-state index contributed by atoms with van der Waals surface area (Å²) >= 11 is 0. The molecule has 1 heterocycles. The van der Waals surface area contributed by atoms with Gasteiger partial charge in [0.2, 0.25) is 0 Å². The van der Waals surface area contributed by atoms with Gasteiger partial charge in [-0.25, -0.2) is 9.97 Å². The van der Waals surface area contributed by atoms with Crippen LogP contribution in [0, 0.1) is 24.0 Å². The maximum atomic E-state index is 10.3. The average Bonchev–Trinajstić information content (AvgIpc) is 1.85. The molecule has 0 spiro atoms. The molecule has 5 nitrogen and oxygen atoms in total. The van der Waals surface area contributed by atoms with Crippen LogP contribution in [0.2, 0.25) is 0 Å². The lowest BCUT2D eigenvalue weighted by Crippen LogP contribution is -1.97. The first kappa shape index (κ1) is 10.5. The lowest BCUT2D eigenvalue weighted by molar-refractivity contribution is -0.386. The Morgan fingerprint density at radius 1 is 1.50 bits per heavy atom. The number of nitrogens with zero attached hydrogens (tertiary/aromatic N) is 3. The second kappa shape index (κ2) is 3.75. The molecule has 0 aromatic carbocycles. The van der Waals surface area contributed by atoms with Gasteiger partial charge in [-0.2, -0.15) is 0 Å². The van der Waals surface area contributed by atoms with Gasteiger partial charge in [-0.05, 0) is 13.8 Å². The molecule has 0 saturated heterocycles. The molecule has 0 aliphatic heterocycles. The minimum absolute atomic E-state index is 0. The molecular weight excluding hydrogens is 158 g/mol. The molecule has 1 aromatic heterocycles. The molecule has 1 aromatic rings. The zero-order chi connectivity index (χ0) is 8.43. The second-order valence-corrected chi connectivity index (χ2v) is 2.14. The predicted molar refractivity (Wildman–Crippen MR) is 44.9 cm³/mol. The highest BCUT2D eigenvalue weighted by molar-refractivity contribution is 5.30. The Morgan fingerprint density at radius 2 is 2.08 bits per heavy atom. The van der Waals surface area contributed by atoms with Crippen LogP contribution in [0.4, 0.5) is 5.69 Å². The fraction of sp³-hybridized carbons (Fsp3) is 0.429. The first-order valence-electron chi connectivity index (χ1n) is 3.06. The monoisotopic (exact) mass is 169 g/mol. The van der Waals surface area contributed by atoms with E-state index < -0.39 is 4.92 Å². The van der Waals surface area contributed by atoms with Crippen LogP contribution in [0.25, 0.3) is 0 Å². The number of aromatic nitrogens is 2. The first-order chi connectivity index (χ1) is 5.11. The van der Waals surface area contributed by atoms with Crippen molar-refractivity contribution >= 4 is 5.69 Å². The van der Waals surface area contributed by atoms with Gasteiger partial charge in [0, 0.05) is 0 Å². The Hall–Kier alpha value is -1.52. The van der Waals surface area contributed by atoms with E-state index in [9.17, 15) is 10.1 Å². The highest BCUT2D eigenvalue weighted by atomic mass is 16.6. The minimum atomic E-state index is -0.491. The molecule has 0 radical (unpaired) electrons. The van der Waals surface area contributed by atoms with Gasteiger partial charge in [0.05, 0.1) is 4.92 Å². The quantitative estimate of drug-likeness (QED) is 0.473. The first-order valence-corrected chi connectivity index (χ1v) is 3.06. The molecule has 0 N–H and O–H groups in total. The van der Waals surface area contributed by atoms with Gasteiger partial charge >= 0.3 is 5.69 Å². The minimum Gasteiger partial charge on any atom is -0.258 e. The van der Waals surface area contributed by atoms with Crippen molar-refractivity contribution in [1.82, 2.24) is 9.97 Å². The lowest BCUT2D eigenvalue weighted by atomic mass is 10.4. The van der Waals surface area contributed by atoms with Crippen LogP contribution in [0.15, 0.2) is 6.20 Å². The van der Waals surface area contributed by atoms with Gasteiger partial charge in [-0.3, -0.25) is 10.1 Å². The fourth-order valence-corrected chi connectivity index (χ4v) is 0.756. The smallest absolute Gasteiger partial charge is 0.258 e. The van der Waals surface area contributed by atoms with Crippen molar-refractivity contribution in [3.63, 3.8) is 0 Å². The van der Waals surface area contributed by atoms with Crippen LogP contribution >= 0.6 is 0 Å². The topological polar surface area (TPSA) is 68.9 Å². The SMILES string of the molecule is C.Cc1ncc([N+](=O)[O-])c(C)n1. The van der Waals surface area contributed by atoms with Gasteiger partial charge in [0.15, 0.2) is 0 Å². The van der Waals surface area contributed by atoms with E-state index in [1.165, 1.54) is 6.20 Å². The van der Waals surface area contributed by atoms with E-state index in [-0.39, 0.29) is 13.1 Å². The van der Waals surface area contributed by atoms with Crippen molar-refractivity contribution in [3.8, 4) is 0 Å². The van der Waals surface area contributed by atoms with Crippen LogP contribution < -0.4 is 0 Å². The molecule has 0 aliphatic rings. The van der Waals surface area contributed by atoms with Gasteiger partial charge in [0.25, 0.3) is 0 Å². The second-order valence-electron chi connectivity index (χ2n) is 2.14. The molecule has 5 heteroatoms. The normalized spacial score (nSPS) is 8.83. The summed E-state index contributed by atoms with van der Waals surface area (Å²) in [6.45, 7) is 3.28. The lowest BCUT2D eigenvalue weighted by Gasteiger charge is -1.94. The molecule has 12 heavy (non-hydrogen) atoms. The molecule has 66 valence electrons. The number of hydrogen-bond acceptors (Lipinski definition) is 4. The molecule has 0 amide bonds. The standard InChI is InChI=1S/C6H7N3O2.CH4/c1-4-6(9(10)11)3-7-5(2)8-4;/h3H,1-2H3;1H4. The summed E-state index contributed by atoms with van der Waals surface area (Å²) in [7, 11) is 0. The van der Waals surface area contributed by atoms with E-state index >= 15 is 0 Å². The predicted octanol–water partition coefficient (Wildman–Crippen LogP) is 1.64. The van der Waals surface area contributed by atoms with E-state index in [4.69, 9.17) is 0 Å². The van der Waals surface area contributed by atoms with Gasteiger partial charge in [-0.1, -0.05) is 7.43 Å². The third-order valence-corrected chi connectivity index (χ3v) is 1.27. The highest BCUT2D eigenvalue weighted by Gasteiger charge is 2.10. The number of nitro groups is 1. The molecule has 0 fully saturated rings. The van der Waals surface area contributed by atoms with Crippen LogP contribution in [0.1, 0.15) is 18.9 Å². The Kier molecular flexibility index (Phi) is 3.28. The zero-order valence-electron chi connectivity index (χ0n) is 6.24. The van der Waals surface area contributed by atoms with Gasteiger partial charge < -0.3 is 0 Å². The maximum Gasteiger partial charge on any atom is 0.308 e. The summed E-state index contributed by atoms with van der Waals surface area (Å²) in [5, 5.41) is 10.3. The van der Waals surface area contributed by atoms with Crippen LogP contribution in [0.3, 0.4) is 0 Å². The number of rotatable bonds is 1. The largest absolute Gasteiger partial charge is 0.308 e. The van der Waals surface area contributed by atoms with Crippen molar-refractivity contribution in [1.29, 1.82) is 0 Å². The fourth-order valence-electron chi connectivity index (χ4n) is 0.756. The number of aryl methyl sites for hydroxylation is 2. The molecule has 0 atom stereocenters. The third-order valence-electron chi connectivity index (χ3n) is 1.27. The van der Waals surface area contributed by atoms with Crippen molar-refractivity contribution in [2.75, 3.05) is 0 Å². The Morgan fingerprint density at radius 3 is 2.50 bits per heavy atom. The van der Waals surface area contributed by atoms with Crippen molar-refractivity contribution in [2.24, 2.45) is 0 Å². The van der Waals surface area contributed by atoms with Crippen LogP contribution in [0.5, 0.6) is 0 Å². The van der Waals surface area contributed by atoms with E-state index in [0.717, 1.165) is 0 Å². The van der Waals surface area contributed by atoms with Gasteiger partial charge in [0.1, 0.15) is 17.7 Å². The van der Waals surface area contributed by atoms with Crippen LogP contribution in [-0.2, 0) is 0 Å². The Balaban J connectivity index is 0.00000121. The molecule has 0 aliphatic carbocycles. The van der Waals surface area contributed by atoms with Crippen molar-refractivity contribution < 1.29 is 4.92 Å². The Labute approximate surface area is 70.6 Å². The van der Waals surface area contributed by atoms with E-state index in [0.29, 0.717) is 11.5 Å². The van der Waals surface area contributed by atoms with Crippen molar-refractivity contribution in [2.45, 2.75) is 21.3 Å². The molecule has 0 bridgehead atoms. The summed E-state index contributed by atoms with van der Waals surface area (Å²) in [6.07, 6.45) is 1.22. The molecule has 0 saturated carbocycles.